The average Bonchev–Trinajstić information content (AvgIpc) is 2.60. The third kappa shape index (κ3) is 4.59. The highest BCUT2D eigenvalue weighted by Crippen LogP contribution is 2.15. The minimum atomic E-state index is -1.05. The number of esters is 1. The second-order valence-corrected chi connectivity index (χ2v) is 5.07. The molecule has 124 valence electrons. The van der Waals surface area contributed by atoms with Crippen molar-refractivity contribution in [3.63, 3.8) is 0 Å². The molecule has 0 spiro atoms. The largest absolute Gasteiger partial charge is 0.457 e. The van der Waals surface area contributed by atoms with E-state index in [0.29, 0.717) is 0 Å². The zero-order valence-electron chi connectivity index (χ0n) is 13.1. The molecule has 0 bridgehead atoms. The summed E-state index contributed by atoms with van der Waals surface area (Å²) < 4.78 is 31.4. The second kappa shape index (κ2) is 8.15. The number of Topliss-reactive ketones (excluding diaryl/α,β-unsaturated/α-hetero) is 1. The van der Waals surface area contributed by atoms with Gasteiger partial charge in [-0.05, 0) is 29.3 Å². The van der Waals surface area contributed by atoms with Crippen molar-refractivity contribution in [3.05, 3.63) is 76.9 Å². The summed E-state index contributed by atoms with van der Waals surface area (Å²) in [5.74, 6) is -3.28. The van der Waals surface area contributed by atoms with Crippen LogP contribution in [0.5, 0.6) is 0 Å². The van der Waals surface area contributed by atoms with E-state index >= 15 is 0 Å². The molecule has 0 saturated carbocycles. The summed E-state index contributed by atoms with van der Waals surface area (Å²) in [5.41, 5.74) is 0.795. The van der Waals surface area contributed by atoms with Crippen LogP contribution in [-0.4, -0.2) is 11.8 Å². The lowest BCUT2D eigenvalue weighted by molar-refractivity contribution is -0.141. The molecular weight excluding hydrogens is 314 g/mol. The first-order chi connectivity index (χ1) is 11.5. The average molecular weight is 330 g/mol. The van der Waals surface area contributed by atoms with Crippen LogP contribution in [-0.2, 0) is 20.9 Å². The highest BCUT2D eigenvalue weighted by molar-refractivity contribution is 6.20. The summed E-state index contributed by atoms with van der Waals surface area (Å²) in [7, 11) is 0. The van der Waals surface area contributed by atoms with Crippen LogP contribution >= 0.6 is 0 Å². The molecule has 0 aliphatic rings. The molecule has 2 rings (SSSR count). The molecule has 0 atom stereocenters. The number of hydrogen-bond donors (Lipinski definition) is 0. The number of hydrogen-bond acceptors (Lipinski definition) is 3. The predicted octanol–water partition coefficient (Wildman–Crippen LogP) is 4.07. The van der Waals surface area contributed by atoms with Gasteiger partial charge in [0.1, 0.15) is 12.2 Å². The van der Waals surface area contributed by atoms with E-state index in [1.54, 1.807) is 31.2 Å². The van der Waals surface area contributed by atoms with Crippen molar-refractivity contribution in [1.82, 2.24) is 0 Å². The smallest absolute Gasteiger partial charge is 0.342 e. The van der Waals surface area contributed by atoms with Crippen LogP contribution in [0.3, 0.4) is 0 Å². The van der Waals surface area contributed by atoms with Gasteiger partial charge in [-0.15, -0.1) is 0 Å². The summed E-state index contributed by atoms with van der Waals surface area (Å²) in [6, 6.07) is 12.2. The molecule has 0 saturated heterocycles. The van der Waals surface area contributed by atoms with E-state index in [0.717, 1.165) is 17.7 Å². The van der Waals surface area contributed by atoms with Crippen LogP contribution in [0.1, 0.15) is 24.5 Å². The molecule has 5 heteroatoms. The third-order valence-electron chi connectivity index (χ3n) is 3.31. The van der Waals surface area contributed by atoms with Crippen LogP contribution in [0.25, 0.3) is 6.08 Å². The maximum atomic E-state index is 13.3. The molecule has 3 nitrogen and oxygen atoms in total. The molecule has 0 unspecified atom stereocenters. The van der Waals surface area contributed by atoms with Crippen molar-refractivity contribution in [2.45, 2.75) is 20.0 Å². The van der Waals surface area contributed by atoms with Crippen molar-refractivity contribution >= 4 is 17.8 Å². The first-order valence-corrected chi connectivity index (χ1v) is 7.42. The molecule has 0 aromatic heterocycles. The summed E-state index contributed by atoms with van der Waals surface area (Å²) in [5, 5.41) is 0. The highest BCUT2D eigenvalue weighted by Gasteiger charge is 2.18. The Morgan fingerprint density at radius 1 is 1.04 bits per heavy atom. The monoisotopic (exact) mass is 330 g/mol. The summed E-state index contributed by atoms with van der Waals surface area (Å²) in [4.78, 5) is 24.2. The topological polar surface area (TPSA) is 43.4 Å². The Kier molecular flexibility index (Phi) is 5.95. The van der Waals surface area contributed by atoms with E-state index in [-0.39, 0.29) is 24.2 Å². The van der Waals surface area contributed by atoms with Gasteiger partial charge in [0.05, 0.1) is 0 Å². The van der Waals surface area contributed by atoms with Crippen molar-refractivity contribution in [1.29, 1.82) is 0 Å². The maximum Gasteiger partial charge on any atom is 0.342 e. The first kappa shape index (κ1) is 17.5. The summed E-state index contributed by atoms with van der Waals surface area (Å²) in [6.07, 6.45) is 1.30. The first-order valence-electron chi connectivity index (χ1n) is 7.42. The number of halogens is 2. The Morgan fingerprint density at radius 3 is 2.38 bits per heavy atom. The second-order valence-electron chi connectivity index (χ2n) is 5.07. The van der Waals surface area contributed by atoms with Crippen molar-refractivity contribution < 1.29 is 23.1 Å². The van der Waals surface area contributed by atoms with Gasteiger partial charge in [0.15, 0.2) is 17.4 Å². The molecule has 0 N–H and O–H groups in total. The maximum absolute atomic E-state index is 13.3. The number of ketones is 1. The zero-order valence-corrected chi connectivity index (χ0v) is 13.1. The normalized spacial score (nSPS) is 11.2. The Morgan fingerprint density at radius 2 is 1.75 bits per heavy atom. The van der Waals surface area contributed by atoms with Crippen LogP contribution in [0, 0.1) is 11.6 Å². The number of carbonyl (C=O) groups is 2. The van der Waals surface area contributed by atoms with Gasteiger partial charge < -0.3 is 4.74 Å². The number of ether oxygens (including phenoxy) is 1. The summed E-state index contributed by atoms with van der Waals surface area (Å²) in [6.45, 7) is 1.62. The van der Waals surface area contributed by atoms with E-state index in [4.69, 9.17) is 4.74 Å². The molecule has 0 fully saturated rings. The van der Waals surface area contributed by atoms with Gasteiger partial charge in [-0.1, -0.05) is 43.3 Å². The Balaban J connectivity index is 2.20. The van der Waals surface area contributed by atoms with Crippen LogP contribution in [0.2, 0.25) is 0 Å². The summed E-state index contributed by atoms with van der Waals surface area (Å²) >= 11 is 0. The van der Waals surface area contributed by atoms with Crippen LogP contribution < -0.4 is 0 Å². The van der Waals surface area contributed by atoms with Gasteiger partial charge >= 0.3 is 5.97 Å². The van der Waals surface area contributed by atoms with E-state index in [1.807, 2.05) is 6.07 Å². The van der Waals surface area contributed by atoms with E-state index in [1.165, 1.54) is 12.1 Å². The SMILES string of the molecule is CCC(=O)/C(=C\c1ccc(F)c(F)c1)C(=O)OCc1ccccc1. The zero-order chi connectivity index (χ0) is 17.5. The van der Waals surface area contributed by atoms with Gasteiger partial charge in [0.2, 0.25) is 0 Å². The van der Waals surface area contributed by atoms with E-state index in [9.17, 15) is 18.4 Å². The molecule has 0 heterocycles. The minimum absolute atomic E-state index is 0.0196. The van der Waals surface area contributed by atoms with Gasteiger partial charge in [-0.3, -0.25) is 4.79 Å². The van der Waals surface area contributed by atoms with Gasteiger partial charge in [-0.2, -0.15) is 0 Å². The van der Waals surface area contributed by atoms with Gasteiger partial charge in [0, 0.05) is 6.42 Å². The molecule has 24 heavy (non-hydrogen) atoms. The van der Waals surface area contributed by atoms with Gasteiger partial charge in [0.25, 0.3) is 0 Å². The number of carbonyl (C=O) groups excluding carboxylic acids is 2. The van der Waals surface area contributed by atoms with Crippen molar-refractivity contribution in [3.8, 4) is 0 Å². The Labute approximate surface area is 138 Å². The fourth-order valence-electron chi connectivity index (χ4n) is 2.01. The quantitative estimate of drug-likeness (QED) is 0.347. The molecular formula is C19H16F2O3. The van der Waals surface area contributed by atoms with Crippen molar-refractivity contribution in [2.24, 2.45) is 0 Å². The molecule has 2 aromatic rings. The van der Waals surface area contributed by atoms with Crippen LogP contribution in [0.4, 0.5) is 8.78 Å². The molecule has 0 aliphatic carbocycles. The third-order valence-corrected chi connectivity index (χ3v) is 3.31. The predicted molar refractivity (Wildman–Crippen MR) is 85.9 cm³/mol. The molecule has 0 amide bonds. The number of rotatable bonds is 6. The molecule has 0 radical (unpaired) electrons. The Bertz CT molecular complexity index is 767. The van der Waals surface area contributed by atoms with Crippen LogP contribution in [0.15, 0.2) is 54.1 Å². The molecule has 2 aromatic carbocycles. The highest BCUT2D eigenvalue weighted by atomic mass is 19.2. The van der Waals surface area contributed by atoms with E-state index < -0.39 is 23.4 Å². The fourth-order valence-corrected chi connectivity index (χ4v) is 2.01. The Hall–Kier alpha value is -2.82. The fraction of sp³-hybridized carbons (Fsp3) is 0.158. The molecule has 0 aliphatic heterocycles. The van der Waals surface area contributed by atoms with E-state index in [2.05, 4.69) is 0 Å². The number of benzene rings is 2. The van der Waals surface area contributed by atoms with Gasteiger partial charge in [-0.25, -0.2) is 13.6 Å². The minimum Gasteiger partial charge on any atom is -0.457 e. The lowest BCUT2D eigenvalue weighted by Gasteiger charge is -2.07. The lowest BCUT2D eigenvalue weighted by atomic mass is 10.1. The lowest BCUT2D eigenvalue weighted by Crippen LogP contribution is -2.15. The standard InChI is InChI=1S/C19H16F2O3/c1-2-18(22)15(10-14-8-9-16(20)17(21)11-14)19(23)24-12-13-6-4-3-5-7-13/h3-11H,2,12H2,1H3/b15-10+. The van der Waals surface area contributed by atoms with Crippen molar-refractivity contribution in [2.75, 3.05) is 0 Å².